The Morgan fingerprint density at radius 1 is 1.12 bits per heavy atom. The molecule has 2 aromatic carbocycles. The fourth-order valence-corrected chi connectivity index (χ4v) is 4.43. The number of thioether (sulfide) groups is 1. The Hall–Kier alpha value is -1.78. The maximum absolute atomic E-state index is 12.3. The SMILES string of the molecule is Cc1ccc(SCC(=O)NC2CC[NH+](Cc3ccccc3)CC2)c(C)c1. The lowest BCUT2D eigenvalue weighted by molar-refractivity contribution is -0.918. The van der Waals surface area contributed by atoms with E-state index in [2.05, 4.69) is 67.7 Å². The smallest absolute Gasteiger partial charge is 0.230 e. The van der Waals surface area contributed by atoms with E-state index in [1.165, 1.54) is 21.6 Å². The highest BCUT2D eigenvalue weighted by Gasteiger charge is 2.23. The van der Waals surface area contributed by atoms with Crippen LogP contribution in [0.1, 0.15) is 29.5 Å². The zero-order valence-corrected chi connectivity index (χ0v) is 16.6. The molecule has 0 saturated carbocycles. The first-order chi connectivity index (χ1) is 12.6. The average molecular weight is 370 g/mol. The molecule has 0 radical (unpaired) electrons. The van der Waals surface area contributed by atoms with Crippen molar-refractivity contribution in [1.29, 1.82) is 0 Å². The first kappa shape index (κ1) is 19.0. The molecular weight excluding hydrogens is 340 g/mol. The van der Waals surface area contributed by atoms with Crippen LogP contribution in [0.5, 0.6) is 0 Å². The largest absolute Gasteiger partial charge is 0.352 e. The molecule has 1 fully saturated rings. The summed E-state index contributed by atoms with van der Waals surface area (Å²) >= 11 is 1.64. The zero-order chi connectivity index (χ0) is 18.4. The first-order valence-corrected chi connectivity index (χ1v) is 10.5. The molecule has 0 spiro atoms. The van der Waals surface area contributed by atoms with Gasteiger partial charge in [-0.15, -0.1) is 11.8 Å². The Bertz CT molecular complexity index is 724. The van der Waals surface area contributed by atoms with Gasteiger partial charge >= 0.3 is 0 Å². The van der Waals surface area contributed by atoms with Crippen LogP contribution in [0.15, 0.2) is 53.4 Å². The monoisotopic (exact) mass is 369 g/mol. The molecule has 4 heteroatoms. The Morgan fingerprint density at radius 2 is 1.85 bits per heavy atom. The average Bonchev–Trinajstić information content (AvgIpc) is 2.63. The third-order valence-corrected chi connectivity index (χ3v) is 6.22. The highest BCUT2D eigenvalue weighted by atomic mass is 32.2. The molecule has 2 aromatic rings. The second-order valence-electron chi connectivity index (χ2n) is 7.31. The van der Waals surface area contributed by atoms with Gasteiger partial charge in [-0.25, -0.2) is 0 Å². The standard InChI is InChI=1S/C22H28N2OS/c1-17-8-9-21(18(2)14-17)26-16-22(25)23-20-10-12-24(13-11-20)15-19-6-4-3-5-7-19/h3-9,14,20H,10-13,15-16H2,1-2H3,(H,23,25)/p+1. The Labute approximate surface area is 161 Å². The number of carbonyl (C=O) groups is 1. The molecule has 2 N–H and O–H groups in total. The fourth-order valence-electron chi connectivity index (χ4n) is 3.61. The molecule has 1 aliphatic heterocycles. The van der Waals surface area contributed by atoms with Crippen molar-refractivity contribution in [3.05, 3.63) is 65.2 Å². The van der Waals surface area contributed by atoms with Gasteiger partial charge in [-0.05, 0) is 25.5 Å². The van der Waals surface area contributed by atoms with Crippen LogP contribution in [-0.2, 0) is 11.3 Å². The number of hydrogen-bond donors (Lipinski definition) is 2. The van der Waals surface area contributed by atoms with E-state index in [0.717, 1.165) is 32.5 Å². The maximum atomic E-state index is 12.3. The van der Waals surface area contributed by atoms with E-state index >= 15 is 0 Å². The molecule has 1 saturated heterocycles. The normalized spacial score (nSPS) is 19.9. The van der Waals surface area contributed by atoms with Crippen LogP contribution in [0.2, 0.25) is 0 Å². The van der Waals surface area contributed by atoms with Crippen molar-refractivity contribution in [1.82, 2.24) is 5.32 Å². The summed E-state index contributed by atoms with van der Waals surface area (Å²) in [4.78, 5) is 15.1. The number of piperidine rings is 1. The quantitative estimate of drug-likeness (QED) is 0.768. The van der Waals surface area contributed by atoms with E-state index in [1.807, 2.05) is 0 Å². The van der Waals surface area contributed by atoms with Crippen LogP contribution < -0.4 is 10.2 Å². The number of likely N-dealkylation sites (tertiary alicyclic amines) is 1. The lowest BCUT2D eigenvalue weighted by atomic mass is 10.0. The lowest BCUT2D eigenvalue weighted by Gasteiger charge is -2.29. The number of quaternary nitrogens is 1. The van der Waals surface area contributed by atoms with E-state index < -0.39 is 0 Å². The molecule has 3 rings (SSSR count). The van der Waals surface area contributed by atoms with E-state index in [-0.39, 0.29) is 5.91 Å². The number of aryl methyl sites for hydroxylation is 2. The molecule has 3 nitrogen and oxygen atoms in total. The van der Waals surface area contributed by atoms with Crippen molar-refractivity contribution in [3.8, 4) is 0 Å². The molecule has 0 atom stereocenters. The number of amides is 1. The first-order valence-electron chi connectivity index (χ1n) is 9.47. The topological polar surface area (TPSA) is 33.5 Å². The van der Waals surface area contributed by atoms with Gasteiger partial charge in [0, 0.05) is 29.3 Å². The van der Waals surface area contributed by atoms with E-state index in [0.29, 0.717) is 11.8 Å². The van der Waals surface area contributed by atoms with Crippen LogP contribution in [0, 0.1) is 13.8 Å². The zero-order valence-electron chi connectivity index (χ0n) is 15.8. The second-order valence-corrected chi connectivity index (χ2v) is 8.33. The lowest BCUT2D eigenvalue weighted by Crippen LogP contribution is -3.12. The van der Waals surface area contributed by atoms with Crippen LogP contribution in [0.3, 0.4) is 0 Å². The summed E-state index contributed by atoms with van der Waals surface area (Å²) in [6, 6.07) is 17.4. The molecule has 1 aliphatic rings. The van der Waals surface area contributed by atoms with Crippen LogP contribution in [-0.4, -0.2) is 30.8 Å². The van der Waals surface area contributed by atoms with Gasteiger partial charge in [0.15, 0.2) is 0 Å². The highest BCUT2D eigenvalue weighted by Crippen LogP contribution is 2.23. The number of rotatable bonds is 6. The van der Waals surface area contributed by atoms with Crippen molar-refractivity contribution >= 4 is 17.7 Å². The van der Waals surface area contributed by atoms with Crippen LogP contribution in [0.4, 0.5) is 0 Å². The van der Waals surface area contributed by atoms with Crippen molar-refractivity contribution in [3.63, 3.8) is 0 Å². The Balaban J connectivity index is 1.39. The molecule has 1 amide bonds. The van der Waals surface area contributed by atoms with E-state index in [1.54, 1.807) is 16.7 Å². The minimum absolute atomic E-state index is 0.159. The third kappa shape index (κ3) is 5.61. The summed E-state index contributed by atoms with van der Waals surface area (Å²) in [6.45, 7) is 7.55. The number of carbonyl (C=O) groups excluding carboxylic acids is 1. The summed E-state index contributed by atoms with van der Waals surface area (Å²) < 4.78 is 0. The Morgan fingerprint density at radius 3 is 2.54 bits per heavy atom. The molecule has 138 valence electrons. The molecule has 0 aromatic heterocycles. The maximum Gasteiger partial charge on any atom is 0.230 e. The van der Waals surface area contributed by atoms with Gasteiger partial charge in [0.1, 0.15) is 6.54 Å². The predicted octanol–water partition coefficient (Wildman–Crippen LogP) is 2.76. The third-order valence-electron chi connectivity index (χ3n) is 5.04. The van der Waals surface area contributed by atoms with Gasteiger partial charge in [0.25, 0.3) is 0 Å². The van der Waals surface area contributed by atoms with E-state index in [9.17, 15) is 4.79 Å². The van der Waals surface area contributed by atoms with Gasteiger partial charge in [0.2, 0.25) is 5.91 Å². The summed E-state index contributed by atoms with van der Waals surface area (Å²) in [5, 5.41) is 3.23. The highest BCUT2D eigenvalue weighted by molar-refractivity contribution is 8.00. The molecule has 0 unspecified atom stereocenters. The minimum Gasteiger partial charge on any atom is -0.352 e. The van der Waals surface area contributed by atoms with Crippen molar-refractivity contribution in [2.45, 2.75) is 44.2 Å². The number of benzene rings is 2. The predicted molar refractivity (Wildman–Crippen MR) is 109 cm³/mol. The molecule has 1 heterocycles. The van der Waals surface area contributed by atoms with E-state index in [4.69, 9.17) is 0 Å². The fraction of sp³-hybridized carbons (Fsp3) is 0.409. The van der Waals surface area contributed by atoms with Crippen LogP contribution >= 0.6 is 11.8 Å². The Kier molecular flexibility index (Phi) is 6.75. The van der Waals surface area contributed by atoms with Gasteiger partial charge < -0.3 is 10.2 Å². The molecule has 26 heavy (non-hydrogen) atoms. The van der Waals surface area contributed by atoms with Gasteiger partial charge in [0.05, 0.1) is 18.8 Å². The van der Waals surface area contributed by atoms with Crippen molar-refractivity contribution < 1.29 is 9.69 Å². The molecule has 0 aliphatic carbocycles. The van der Waals surface area contributed by atoms with Crippen molar-refractivity contribution in [2.75, 3.05) is 18.8 Å². The minimum atomic E-state index is 0.159. The summed E-state index contributed by atoms with van der Waals surface area (Å²) in [6.07, 6.45) is 2.14. The van der Waals surface area contributed by atoms with Crippen molar-refractivity contribution in [2.24, 2.45) is 0 Å². The summed E-state index contributed by atoms with van der Waals surface area (Å²) in [5.74, 6) is 0.660. The van der Waals surface area contributed by atoms with Crippen LogP contribution in [0.25, 0.3) is 0 Å². The molecular formula is C22H29N2OS+. The number of hydrogen-bond acceptors (Lipinski definition) is 2. The number of nitrogens with one attached hydrogen (secondary N) is 2. The summed E-state index contributed by atoms with van der Waals surface area (Å²) in [7, 11) is 0. The van der Waals surface area contributed by atoms with Gasteiger partial charge in [-0.1, -0.05) is 48.0 Å². The summed E-state index contributed by atoms with van der Waals surface area (Å²) in [5.41, 5.74) is 3.91. The second kappa shape index (κ2) is 9.24. The van der Waals surface area contributed by atoms with Gasteiger partial charge in [-0.2, -0.15) is 0 Å². The molecule has 0 bridgehead atoms. The van der Waals surface area contributed by atoms with Gasteiger partial charge in [-0.3, -0.25) is 4.79 Å².